The summed E-state index contributed by atoms with van der Waals surface area (Å²) in [6.07, 6.45) is 2.14. The van der Waals surface area contributed by atoms with Gasteiger partial charge in [0.05, 0.1) is 12.6 Å². The number of nitrogens with two attached hydrogens (primary N) is 1. The normalized spacial score (nSPS) is 16.6. The minimum absolute atomic E-state index is 0.0000743. The fourth-order valence-corrected chi connectivity index (χ4v) is 2.45. The highest BCUT2D eigenvalue weighted by molar-refractivity contribution is 6.31. The van der Waals surface area contributed by atoms with Crippen LogP contribution in [-0.2, 0) is 4.79 Å². The first-order valence-electron chi connectivity index (χ1n) is 5.90. The van der Waals surface area contributed by atoms with Crippen molar-refractivity contribution >= 4 is 17.5 Å². The van der Waals surface area contributed by atoms with Crippen LogP contribution < -0.4 is 5.73 Å². The molecule has 1 atom stereocenters. The number of carbonyl (C=O) groups excluding carboxylic acids is 1. The van der Waals surface area contributed by atoms with Crippen LogP contribution in [0, 0.1) is 0 Å². The fraction of sp³-hybridized carbons (Fsp3) is 0.462. The average molecular weight is 253 g/mol. The zero-order valence-corrected chi connectivity index (χ0v) is 10.7. The molecule has 1 aromatic carbocycles. The number of halogens is 1. The summed E-state index contributed by atoms with van der Waals surface area (Å²) in [5.41, 5.74) is 6.46. The molecule has 1 fully saturated rings. The lowest BCUT2D eigenvalue weighted by molar-refractivity contribution is -0.132. The maximum absolute atomic E-state index is 11.9. The first-order valence-corrected chi connectivity index (χ1v) is 6.28. The molecule has 1 aliphatic rings. The Morgan fingerprint density at radius 3 is 2.71 bits per heavy atom. The van der Waals surface area contributed by atoms with E-state index in [4.69, 9.17) is 17.3 Å². The number of amides is 1. The number of rotatable bonds is 4. The molecule has 1 aliphatic carbocycles. The van der Waals surface area contributed by atoms with Gasteiger partial charge in [-0.25, -0.2) is 0 Å². The Hall–Kier alpha value is -1.06. The van der Waals surface area contributed by atoms with Gasteiger partial charge in [-0.1, -0.05) is 29.8 Å². The van der Waals surface area contributed by atoms with Crippen LogP contribution >= 0.6 is 11.6 Å². The summed E-state index contributed by atoms with van der Waals surface area (Å²) in [7, 11) is 0. The van der Waals surface area contributed by atoms with Crippen LogP contribution in [0.2, 0.25) is 5.02 Å². The van der Waals surface area contributed by atoms with Gasteiger partial charge >= 0.3 is 0 Å². The van der Waals surface area contributed by atoms with Gasteiger partial charge in [0.2, 0.25) is 5.91 Å². The highest BCUT2D eigenvalue weighted by atomic mass is 35.5. The molecule has 0 spiro atoms. The van der Waals surface area contributed by atoms with Crippen molar-refractivity contribution in [2.45, 2.75) is 31.8 Å². The Balaban J connectivity index is 2.25. The zero-order chi connectivity index (χ0) is 12.4. The summed E-state index contributed by atoms with van der Waals surface area (Å²) in [5, 5.41) is 0.704. The lowest BCUT2D eigenvalue weighted by atomic mass is 10.1. The predicted octanol–water partition coefficient (Wildman–Crippen LogP) is 2.35. The molecule has 1 saturated carbocycles. The molecule has 0 heterocycles. The van der Waals surface area contributed by atoms with E-state index >= 15 is 0 Å². The first kappa shape index (κ1) is 12.4. The largest absolute Gasteiger partial charge is 0.332 e. The number of hydrogen-bond donors (Lipinski definition) is 1. The maximum Gasteiger partial charge on any atom is 0.237 e. The van der Waals surface area contributed by atoms with Gasteiger partial charge in [0.1, 0.15) is 0 Å². The summed E-state index contributed by atoms with van der Waals surface area (Å²) in [6.45, 7) is 2.07. The van der Waals surface area contributed by atoms with Crippen LogP contribution in [0.15, 0.2) is 24.3 Å². The minimum Gasteiger partial charge on any atom is -0.332 e. The third kappa shape index (κ3) is 2.61. The number of hydrogen-bond acceptors (Lipinski definition) is 2. The molecule has 0 radical (unpaired) electrons. The van der Waals surface area contributed by atoms with Gasteiger partial charge in [0.15, 0.2) is 0 Å². The molecule has 1 amide bonds. The van der Waals surface area contributed by atoms with Gasteiger partial charge in [-0.3, -0.25) is 4.79 Å². The molecule has 3 nitrogen and oxygen atoms in total. The summed E-state index contributed by atoms with van der Waals surface area (Å²) < 4.78 is 0. The minimum atomic E-state index is -0.00718. The average Bonchev–Trinajstić information content (AvgIpc) is 3.14. The van der Waals surface area contributed by atoms with Crippen molar-refractivity contribution in [2.75, 3.05) is 6.54 Å². The van der Waals surface area contributed by atoms with Crippen LogP contribution in [0.5, 0.6) is 0 Å². The van der Waals surface area contributed by atoms with E-state index in [1.807, 2.05) is 36.1 Å². The van der Waals surface area contributed by atoms with E-state index in [0.717, 1.165) is 18.4 Å². The van der Waals surface area contributed by atoms with Crippen molar-refractivity contribution in [3.8, 4) is 0 Å². The standard InChI is InChI=1S/C13H17ClN2O/c1-9(11-4-2-3-5-12(11)14)16(10-6-7-10)13(17)8-15/h2-5,9-10H,6-8,15H2,1H3. The Kier molecular flexibility index (Phi) is 3.69. The third-order valence-electron chi connectivity index (χ3n) is 3.18. The van der Waals surface area contributed by atoms with Gasteiger partial charge in [0, 0.05) is 11.1 Å². The molecule has 17 heavy (non-hydrogen) atoms. The van der Waals surface area contributed by atoms with Crippen LogP contribution in [0.1, 0.15) is 31.4 Å². The van der Waals surface area contributed by atoms with Crippen molar-refractivity contribution in [1.29, 1.82) is 0 Å². The molecule has 4 heteroatoms. The summed E-state index contributed by atoms with van der Waals surface area (Å²) >= 11 is 6.17. The second-order valence-electron chi connectivity index (χ2n) is 4.43. The molecule has 2 rings (SSSR count). The van der Waals surface area contributed by atoms with E-state index in [1.54, 1.807) is 0 Å². The maximum atomic E-state index is 11.9. The monoisotopic (exact) mass is 252 g/mol. The third-order valence-corrected chi connectivity index (χ3v) is 3.52. The molecular weight excluding hydrogens is 236 g/mol. The molecule has 92 valence electrons. The summed E-state index contributed by atoms with van der Waals surface area (Å²) in [4.78, 5) is 13.8. The SMILES string of the molecule is CC(c1ccccc1Cl)N(C(=O)CN)C1CC1. The molecule has 0 bridgehead atoms. The molecule has 0 aliphatic heterocycles. The molecule has 1 unspecified atom stereocenters. The van der Waals surface area contributed by atoms with Crippen molar-refractivity contribution in [1.82, 2.24) is 4.90 Å². The van der Waals surface area contributed by atoms with Gasteiger partial charge in [-0.15, -0.1) is 0 Å². The van der Waals surface area contributed by atoms with Crippen LogP contribution in [0.3, 0.4) is 0 Å². The molecular formula is C13H17ClN2O. The highest BCUT2D eigenvalue weighted by Crippen LogP contribution is 2.36. The van der Waals surface area contributed by atoms with Crippen molar-refractivity contribution < 1.29 is 4.79 Å². The summed E-state index contributed by atoms with van der Waals surface area (Å²) in [5.74, 6) is -0.0000743. The topological polar surface area (TPSA) is 46.3 Å². The van der Waals surface area contributed by atoms with Gasteiger partial charge in [0.25, 0.3) is 0 Å². The van der Waals surface area contributed by atoms with E-state index in [0.29, 0.717) is 11.1 Å². The van der Waals surface area contributed by atoms with E-state index in [9.17, 15) is 4.79 Å². The van der Waals surface area contributed by atoms with E-state index < -0.39 is 0 Å². The smallest absolute Gasteiger partial charge is 0.237 e. The molecule has 0 saturated heterocycles. The van der Waals surface area contributed by atoms with Crippen molar-refractivity contribution in [3.05, 3.63) is 34.9 Å². The van der Waals surface area contributed by atoms with Crippen LogP contribution in [-0.4, -0.2) is 23.4 Å². The van der Waals surface area contributed by atoms with Gasteiger partial charge in [-0.05, 0) is 31.4 Å². The van der Waals surface area contributed by atoms with Crippen LogP contribution in [0.25, 0.3) is 0 Å². The fourth-order valence-electron chi connectivity index (χ4n) is 2.16. The number of carbonyl (C=O) groups is 1. The molecule has 0 aromatic heterocycles. The summed E-state index contributed by atoms with van der Waals surface area (Å²) in [6, 6.07) is 7.99. The van der Waals surface area contributed by atoms with Crippen molar-refractivity contribution in [2.24, 2.45) is 5.73 Å². The lowest BCUT2D eigenvalue weighted by Gasteiger charge is -2.30. The Labute approximate surface area is 107 Å². The van der Waals surface area contributed by atoms with E-state index in [1.165, 1.54) is 0 Å². The molecule has 1 aromatic rings. The Bertz CT molecular complexity index is 418. The van der Waals surface area contributed by atoms with Gasteiger partial charge < -0.3 is 10.6 Å². The quantitative estimate of drug-likeness (QED) is 0.894. The second kappa shape index (κ2) is 5.07. The Morgan fingerprint density at radius 2 is 2.18 bits per heavy atom. The number of nitrogens with zero attached hydrogens (tertiary/aromatic N) is 1. The first-order chi connectivity index (χ1) is 8.15. The lowest BCUT2D eigenvalue weighted by Crippen LogP contribution is -2.39. The van der Waals surface area contributed by atoms with E-state index in [2.05, 4.69) is 0 Å². The predicted molar refractivity (Wildman–Crippen MR) is 68.8 cm³/mol. The van der Waals surface area contributed by atoms with E-state index in [-0.39, 0.29) is 18.5 Å². The second-order valence-corrected chi connectivity index (χ2v) is 4.84. The van der Waals surface area contributed by atoms with Crippen molar-refractivity contribution in [3.63, 3.8) is 0 Å². The Morgan fingerprint density at radius 1 is 1.53 bits per heavy atom. The zero-order valence-electron chi connectivity index (χ0n) is 9.90. The van der Waals surface area contributed by atoms with Crippen LogP contribution in [0.4, 0.5) is 0 Å². The molecule has 2 N–H and O–H groups in total. The highest BCUT2D eigenvalue weighted by Gasteiger charge is 2.35. The number of benzene rings is 1. The van der Waals surface area contributed by atoms with Gasteiger partial charge in [-0.2, -0.15) is 0 Å².